The second-order valence-electron chi connectivity index (χ2n) is 13.5. The molecule has 0 aliphatic heterocycles. The maximum Gasteiger partial charge on any atom is 0.164 e. The molecule has 0 radical (unpaired) electrons. The summed E-state index contributed by atoms with van der Waals surface area (Å²) in [4.78, 5) is 19.8. The molecule has 252 valence electrons. The SMILES string of the molecule is c1ccc(-c2nc(-c3ccccc3)nc(-c3ccc(-c4ccc5c(-c6ccc(-c7nc8ccccc8c8ccccc78)cc6)cccc5c4)cc3)n2)cc1. The number of aromatic nitrogens is 4. The van der Waals surface area contributed by atoms with Gasteiger partial charge in [0.2, 0.25) is 0 Å². The normalized spacial score (nSPS) is 11.3. The van der Waals surface area contributed by atoms with Gasteiger partial charge in [-0.15, -0.1) is 0 Å². The number of fused-ring (bicyclic) bond motifs is 4. The van der Waals surface area contributed by atoms with Crippen LogP contribution in [0.2, 0.25) is 0 Å². The fourth-order valence-corrected chi connectivity index (χ4v) is 7.40. The molecule has 0 fully saturated rings. The summed E-state index contributed by atoms with van der Waals surface area (Å²) in [7, 11) is 0. The van der Waals surface area contributed by atoms with E-state index in [9.17, 15) is 0 Å². The Morgan fingerprint density at radius 3 is 1.43 bits per heavy atom. The van der Waals surface area contributed by atoms with Crippen LogP contribution in [0.5, 0.6) is 0 Å². The predicted octanol–water partition coefficient (Wildman–Crippen LogP) is 12.7. The Bertz CT molecular complexity index is 2900. The summed E-state index contributed by atoms with van der Waals surface area (Å²) in [5, 5.41) is 5.97. The molecule has 0 unspecified atom stereocenters. The molecule has 0 amide bonds. The van der Waals surface area contributed by atoms with Crippen LogP contribution in [0, 0.1) is 0 Å². The summed E-state index contributed by atoms with van der Waals surface area (Å²) >= 11 is 0. The van der Waals surface area contributed by atoms with Crippen LogP contribution in [0.1, 0.15) is 0 Å². The highest BCUT2D eigenvalue weighted by molar-refractivity contribution is 6.11. The molecular formula is C50H32N4. The van der Waals surface area contributed by atoms with Crippen molar-refractivity contribution in [2.45, 2.75) is 0 Å². The molecular weight excluding hydrogens is 657 g/mol. The zero-order valence-corrected chi connectivity index (χ0v) is 29.3. The molecule has 0 bridgehead atoms. The number of hydrogen-bond acceptors (Lipinski definition) is 4. The van der Waals surface area contributed by atoms with E-state index in [1.165, 1.54) is 32.7 Å². The lowest BCUT2D eigenvalue weighted by Gasteiger charge is -2.12. The Kier molecular flexibility index (Phi) is 7.77. The molecule has 4 nitrogen and oxygen atoms in total. The number of rotatable bonds is 6. The van der Waals surface area contributed by atoms with Gasteiger partial charge in [-0.25, -0.2) is 19.9 Å². The molecule has 10 rings (SSSR count). The smallest absolute Gasteiger partial charge is 0.164 e. The van der Waals surface area contributed by atoms with E-state index in [2.05, 4.69) is 133 Å². The van der Waals surface area contributed by atoms with Crippen molar-refractivity contribution in [3.63, 3.8) is 0 Å². The number of benzene rings is 8. The third-order valence-electron chi connectivity index (χ3n) is 10.1. The fourth-order valence-electron chi connectivity index (χ4n) is 7.40. The summed E-state index contributed by atoms with van der Waals surface area (Å²) in [6, 6.07) is 67.7. The zero-order chi connectivity index (χ0) is 35.8. The number of nitrogens with zero attached hydrogens (tertiary/aromatic N) is 4. The number of para-hydroxylation sites is 1. The van der Waals surface area contributed by atoms with Crippen LogP contribution in [0.25, 0.3) is 100 Å². The van der Waals surface area contributed by atoms with Crippen molar-refractivity contribution in [2.75, 3.05) is 0 Å². The molecule has 2 aromatic heterocycles. The molecule has 0 spiro atoms. The van der Waals surface area contributed by atoms with E-state index < -0.39 is 0 Å². The van der Waals surface area contributed by atoms with Crippen LogP contribution >= 0.6 is 0 Å². The highest BCUT2D eigenvalue weighted by Crippen LogP contribution is 2.36. The molecule has 10 aromatic rings. The Morgan fingerprint density at radius 2 is 0.759 bits per heavy atom. The summed E-state index contributed by atoms with van der Waals surface area (Å²) in [5.41, 5.74) is 10.6. The Balaban J connectivity index is 0.965. The van der Waals surface area contributed by atoms with Crippen molar-refractivity contribution in [3.05, 3.63) is 194 Å². The van der Waals surface area contributed by atoms with Crippen LogP contribution in [-0.4, -0.2) is 19.9 Å². The van der Waals surface area contributed by atoms with Crippen LogP contribution in [-0.2, 0) is 0 Å². The standard InChI is InChI=1S/C50H32N4/c1-3-12-36(13-4-1)48-52-49(37-14-5-2-6-15-37)54-50(53-48)38-28-22-33(23-29-38)39-30-31-42-40(32-39)16-11-20-41(42)34-24-26-35(27-25-34)47-45-19-8-7-17-43(45)44-18-9-10-21-46(44)51-47/h1-32H. The van der Waals surface area contributed by atoms with Crippen molar-refractivity contribution in [1.82, 2.24) is 19.9 Å². The summed E-state index contributed by atoms with van der Waals surface area (Å²) < 4.78 is 0. The maximum absolute atomic E-state index is 5.11. The molecule has 0 aliphatic carbocycles. The van der Waals surface area contributed by atoms with E-state index >= 15 is 0 Å². The first-order valence-corrected chi connectivity index (χ1v) is 18.1. The number of hydrogen-bond donors (Lipinski definition) is 0. The molecule has 0 saturated heterocycles. The molecule has 2 heterocycles. The highest BCUT2D eigenvalue weighted by atomic mass is 15.0. The van der Waals surface area contributed by atoms with Crippen molar-refractivity contribution in [1.29, 1.82) is 0 Å². The van der Waals surface area contributed by atoms with Crippen LogP contribution in [0.3, 0.4) is 0 Å². The van der Waals surface area contributed by atoms with Gasteiger partial charge in [-0.2, -0.15) is 0 Å². The number of pyridine rings is 1. The van der Waals surface area contributed by atoms with Crippen LogP contribution < -0.4 is 0 Å². The average Bonchev–Trinajstić information content (AvgIpc) is 3.26. The quantitative estimate of drug-likeness (QED) is 0.163. The monoisotopic (exact) mass is 688 g/mol. The Labute approximate surface area is 313 Å². The van der Waals surface area contributed by atoms with Gasteiger partial charge < -0.3 is 0 Å². The van der Waals surface area contributed by atoms with E-state index in [4.69, 9.17) is 19.9 Å². The van der Waals surface area contributed by atoms with Gasteiger partial charge in [0.25, 0.3) is 0 Å². The summed E-state index contributed by atoms with van der Waals surface area (Å²) in [6.07, 6.45) is 0. The van der Waals surface area contributed by atoms with E-state index in [0.717, 1.165) is 50.0 Å². The Hall–Kier alpha value is -7.30. The third-order valence-corrected chi connectivity index (χ3v) is 10.1. The minimum Gasteiger partial charge on any atom is -0.247 e. The molecule has 8 aromatic carbocycles. The van der Waals surface area contributed by atoms with Gasteiger partial charge in [-0.3, -0.25) is 0 Å². The van der Waals surface area contributed by atoms with Gasteiger partial charge in [0.1, 0.15) is 0 Å². The largest absolute Gasteiger partial charge is 0.247 e. The van der Waals surface area contributed by atoms with Gasteiger partial charge in [-0.1, -0.05) is 182 Å². The molecule has 0 atom stereocenters. The van der Waals surface area contributed by atoms with Gasteiger partial charge in [0.05, 0.1) is 11.2 Å². The Morgan fingerprint density at radius 1 is 0.259 bits per heavy atom. The lowest BCUT2D eigenvalue weighted by Crippen LogP contribution is -2.00. The van der Waals surface area contributed by atoms with E-state index in [-0.39, 0.29) is 0 Å². The van der Waals surface area contributed by atoms with Crippen LogP contribution in [0.4, 0.5) is 0 Å². The third kappa shape index (κ3) is 5.76. The lowest BCUT2D eigenvalue weighted by molar-refractivity contribution is 1.07. The van der Waals surface area contributed by atoms with Crippen molar-refractivity contribution >= 4 is 32.4 Å². The predicted molar refractivity (Wildman–Crippen MR) is 223 cm³/mol. The molecule has 4 heteroatoms. The highest BCUT2D eigenvalue weighted by Gasteiger charge is 2.14. The van der Waals surface area contributed by atoms with E-state index in [0.29, 0.717) is 17.5 Å². The molecule has 0 N–H and O–H groups in total. The van der Waals surface area contributed by atoms with Gasteiger partial charge in [0, 0.05) is 33.0 Å². The van der Waals surface area contributed by atoms with Crippen molar-refractivity contribution in [3.8, 4) is 67.7 Å². The van der Waals surface area contributed by atoms with Gasteiger partial charge >= 0.3 is 0 Å². The van der Waals surface area contributed by atoms with Crippen LogP contribution in [0.15, 0.2) is 194 Å². The minimum atomic E-state index is 0.646. The second-order valence-corrected chi connectivity index (χ2v) is 13.5. The van der Waals surface area contributed by atoms with Gasteiger partial charge in [0.15, 0.2) is 17.5 Å². The second kappa shape index (κ2) is 13.4. The first kappa shape index (κ1) is 31.4. The first-order chi connectivity index (χ1) is 26.7. The van der Waals surface area contributed by atoms with Gasteiger partial charge in [-0.05, 0) is 50.5 Å². The fraction of sp³-hybridized carbons (Fsp3) is 0. The summed E-state index contributed by atoms with van der Waals surface area (Å²) in [6.45, 7) is 0. The average molecular weight is 689 g/mol. The minimum absolute atomic E-state index is 0.646. The molecule has 0 aliphatic rings. The van der Waals surface area contributed by atoms with Crippen molar-refractivity contribution in [2.24, 2.45) is 0 Å². The van der Waals surface area contributed by atoms with E-state index in [1.807, 2.05) is 60.7 Å². The molecule has 54 heavy (non-hydrogen) atoms. The van der Waals surface area contributed by atoms with Crippen molar-refractivity contribution < 1.29 is 0 Å². The zero-order valence-electron chi connectivity index (χ0n) is 29.3. The lowest BCUT2D eigenvalue weighted by atomic mass is 9.93. The maximum atomic E-state index is 5.11. The molecule has 0 saturated carbocycles. The van der Waals surface area contributed by atoms with E-state index in [1.54, 1.807) is 0 Å². The topological polar surface area (TPSA) is 51.6 Å². The first-order valence-electron chi connectivity index (χ1n) is 18.1. The summed E-state index contributed by atoms with van der Waals surface area (Å²) in [5.74, 6) is 1.96.